The van der Waals surface area contributed by atoms with E-state index in [9.17, 15) is 0 Å². The van der Waals surface area contributed by atoms with Crippen molar-refractivity contribution in [3.63, 3.8) is 0 Å². The quantitative estimate of drug-likeness (QED) is 0.650. The average molecular weight is 279 g/mol. The Morgan fingerprint density at radius 1 is 1.00 bits per heavy atom. The van der Waals surface area contributed by atoms with Gasteiger partial charge in [-0.05, 0) is 27.6 Å². The van der Waals surface area contributed by atoms with Gasteiger partial charge in [-0.2, -0.15) is 0 Å². The molecule has 0 fully saturated rings. The molecule has 1 aliphatic heterocycles. The van der Waals surface area contributed by atoms with E-state index in [4.69, 9.17) is 0 Å². The Hall–Kier alpha value is -0.100. The molecule has 0 spiro atoms. The van der Waals surface area contributed by atoms with Gasteiger partial charge in [0.25, 0.3) is 0 Å². The number of thioether (sulfide) groups is 1. The Morgan fingerprint density at radius 3 is 2.00 bits per heavy atom. The molecule has 1 atom stereocenters. The van der Waals surface area contributed by atoms with Crippen LogP contribution < -0.4 is 17.2 Å². The van der Waals surface area contributed by atoms with Crippen molar-refractivity contribution >= 4 is 17.3 Å². The van der Waals surface area contributed by atoms with Crippen LogP contribution in [-0.2, 0) is 0 Å². The van der Waals surface area contributed by atoms with E-state index in [1.54, 1.807) is 0 Å². The Balaban J connectivity index is -0.000000328. The second-order valence-corrected chi connectivity index (χ2v) is 4.32. The standard InChI is InChI=1S/C10H19NS.3CH5N/c1-2-3-4-5-6-7-10-8-12-9-11-10;3*1-2/h9-10H,2-8H2,1H3;3*2H2,1H3. The summed E-state index contributed by atoms with van der Waals surface area (Å²) in [5.74, 6) is 1.23. The summed E-state index contributed by atoms with van der Waals surface area (Å²) in [5, 5.41) is 0. The number of hydrogen-bond acceptors (Lipinski definition) is 5. The van der Waals surface area contributed by atoms with Crippen molar-refractivity contribution in [3.8, 4) is 0 Å². The molecule has 0 bridgehead atoms. The molecule has 0 amide bonds. The molecule has 0 saturated heterocycles. The highest BCUT2D eigenvalue weighted by atomic mass is 32.2. The van der Waals surface area contributed by atoms with E-state index < -0.39 is 0 Å². The highest BCUT2D eigenvalue weighted by Gasteiger charge is 2.09. The van der Waals surface area contributed by atoms with Crippen molar-refractivity contribution in [3.05, 3.63) is 0 Å². The lowest BCUT2D eigenvalue weighted by Gasteiger charge is -2.04. The summed E-state index contributed by atoms with van der Waals surface area (Å²) < 4.78 is 0. The largest absolute Gasteiger partial charge is 0.333 e. The molecule has 1 unspecified atom stereocenters. The van der Waals surface area contributed by atoms with E-state index in [0.29, 0.717) is 6.04 Å². The second-order valence-electron chi connectivity index (χ2n) is 3.44. The number of aliphatic imine (C=N–C) groups is 1. The lowest BCUT2D eigenvalue weighted by Crippen LogP contribution is -2.02. The van der Waals surface area contributed by atoms with Gasteiger partial charge < -0.3 is 17.2 Å². The van der Waals surface area contributed by atoms with Crippen LogP contribution >= 0.6 is 11.8 Å². The van der Waals surface area contributed by atoms with Gasteiger partial charge in [-0.3, -0.25) is 4.99 Å². The van der Waals surface area contributed by atoms with Crippen molar-refractivity contribution in [2.24, 2.45) is 22.2 Å². The van der Waals surface area contributed by atoms with E-state index in [0.717, 1.165) is 0 Å². The Bertz CT molecular complexity index is 143. The van der Waals surface area contributed by atoms with Crippen LogP contribution in [0.25, 0.3) is 0 Å². The Labute approximate surface area is 118 Å². The molecular formula is C13H34N4S. The number of nitrogens with two attached hydrogens (primary N) is 3. The van der Waals surface area contributed by atoms with E-state index in [1.165, 1.54) is 65.4 Å². The van der Waals surface area contributed by atoms with Crippen LogP contribution in [0, 0.1) is 0 Å². The maximum atomic E-state index is 4.50. The third kappa shape index (κ3) is 18.3. The molecule has 1 rings (SSSR count). The molecule has 6 N–H and O–H groups in total. The molecule has 0 aromatic carbocycles. The minimum Gasteiger partial charge on any atom is -0.333 e. The van der Waals surface area contributed by atoms with Crippen molar-refractivity contribution in [2.75, 3.05) is 26.9 Å². The molecule has 0 aromatic heterocycles. The first kappa shape index (κ1) is 23.0. The number of rotatable bonds is 6. The summed E-state index contributed by atoms with van der Waals surface area (Å²) in [6, 6.07) is 0.650. The highest BCUT2D eigenvalue weighted by molar-refractivity contribution is 8.12. The SMILES string of the molecule is CCCCCCCC1CSC=N1.CN.CN.CN. The van der Waals surface area contributed by atoms with Gasteiger partial charge in [-0.15, -0.1) is 11.8 Å². The van der Waals surface area contributed by atoms with Crippen LogP contribution in [0.4, 0.5) is 0 Å². The number of hydrogen-bond donors (Lipinski definition) is 3. The zero-order valence-electron chi connectivity index (χ0n) is 12.7. The minimum absolute atomic E-state index is 0.650. The topological polar surface area (TPSA) is 90.4 Å². The average Bonchev–Trinajstić information content (AvgIpc) is 2.98. The first-order valence-corrected chi connectivity index (χ1v) is 7.85. The molecule has 4 nitrogen and oxygen atoms in total. The fourth-order valence-corrected chi connectivity index (χ4v) is 2.29. The highest BCUT2D eigenvalue weighted by Crippen LogP contribution is 2.17. The fraction of sp³-hybridized carbons (Fsp3) is 0.923. The maximum absolute atomic E-state index is 4.50. The summed E-state index contributed by atoms with van der Waals surface area (Å²) >= 11 is 1.86. The van der Waals surface area contributed by atoms with Crippen molar-refractivity contribution in [2.45, 2.75) is 51.5 Å². The maximum Gasteiger partial charge on any atom is 0.0600 e. The van der Waals surface area contributed by atoms with Gasteiger partial charge in [0.15, 0.2) is 0 Å². The van der Waals surface area contributed by atoms with E-state index >= 15 is 0 Å². The van der Waals surface area contributed by atoms with Crippen LogP contribution in [0.1, 0.15) is 45.4 Å². The summed E-state index contributed by atoms with van der Waals surface area (Å²) in [6.45, 7) is 2.26. The molecule has 18 heavy (non-hydrogen) atoms. The van der Waals surface area contributed by atoms with Crippen LogP contribution in [0.3, 0.4) is 0 Å². The van der Waals surface area contributed by atoms with Crippen LogP contribution in [0.5, 0.6) is 0 Å². The first-order valence-electron chi connectivity index (χ1n) is 6.80. The monoisotopic (exact) mass is 278 g/mol. The van der Waals surface area contributed by atoms with E-state index in [1.807, 2.05) is 17.3 Å². The zero-order chi connectivity index (χ0) is 14.6. The van der Waals surface area contributed by atoms with Gasteiger partial charge in [0, 0.05) is 5.75 Å². The van der Waals surface area contributed by atoms with E-state index in [-0.39, 0.29) is 0 Å². The van der Waals surface area contributed by atoms with Crippen molar-refractivity contribution in [1.29, 1.82) is 0 Å². The Kier molecular flexibility index (Phi) is 32.8. The van der Waals surface area contributed by atoms with Gasteiger partial charge in [0.05, 0.1) is 11.6 Å². The normalized spacial score (nSPS) is 15.6. The lowest BCUT2D eigenvalue weighted by atomic mass is 10.1. The molecular weight excluding hydrogens is 244 g/mol. The zero-order valence-corrected chi connectivity index (χ0v) is 13.5. The molecule has 0 aromatic rings. The Morgan fingerprint density at radius 2 is 1.56 bits per heavy atom. The van der Waals surface area contributed by atoms with Gasteiger partial charge in [0.1, 0.15) is 0 Å². The van der Waals surface area contributed by atoms with Gasteiger partial charge in [0.2, 0.25) is 0 Å². The van der Waals surface area contributed by atoms with Gasteiger partial charge >= 0.3 is 0 Å². The summed E-state index contributed by atoms with van der Waals surface area (Å²) in [5.41, 5.74) is 15.5. The van der Waals surface area contributed by atoms with Crippen molar-refractivity contribution in [1.82, 2.24) is 0 Å². The molecule has 0 aliphatic carbocycles. The first-order chi connectivity index (χ1) is 8.93. The summed E-state index contributed by atoms with van der Waals surface area (Å²) in [6.07, 6.45) is 8.26. The lowest BCUT2D eigenvalue weighted by molar-refractivity contribution is 0.571. The number of nitrogens with zero attached hydrogens (tertiary/aromatic N) is 1. The smallest absolute Gasteiger partial charge is 0.0600 e. The van der Waals surface area contributed by atoms with Crippen LogP contribution in [-0.4, -0.2) is 38.5 Å². The van der Waals surface area contributed by atoms with Crippen LogP contribution in [0.2, 0.25) is 0 Å². The molecule has 0 saturated carbocycles. The minimum atomic E-state index is 0.650. The molecule has 1 heterocycles. The third-order valence-electron chi connectivity index (χ3n) is 2.28. The molecule has 112 valence electrons. The summed E-state index contributed by atoms with van der Waals surface area (Å²) in [4.78, 5) is 4.39. The van der Waals surface area contributed by atoms with Crippen molar-refractivity contribution < 1.29 is 0 Å². The molecule has 1 aliphatic rings. The molecule has 0 radical (unpaired) electrons. The van der Waals surface area contributed by atoms with Gasteiger partial charge in [-0.1, -0.05) is 39.0 Å². The molecule has 5 heteroatoms. The fourth-order valence-electron chi connectivity index (χ4n) is 1.47. The van der Waals surface area contributed by atoms with E-state index in [2.05, 4.69) is 29.1 Å². The third-order valence-corrected chi connectivity index (χ3v) is 3.12. The summed E-state index contributed by atoms with van der Waals surface area (Å²) in [7, 11) is 4.50. The predicted octanol–water partition coefficient (Wildman–Crippen LogP) is 2.22. The second kappa shape index (κ2) is 25.7. The number of unbranched alkanes of at least 4 members (excludes halogenated alkanes) is 4. The van der Waals surface area contributed by atoms with Gasteiger partial charge in [-0.25, -0.2) is 0 Å². The predicted molar refractivity (Wildman–Crippen MR) is 88.4 cm³/mol. The van der Waals surface area contributed by atoms with Crippen LogP contribution in [0.15, 0.2) is 4.99 Å².